The van der Waals surface area contributed by atoms with Crippen LogP contribution in [0.1, 0.15) is 13.8 Å². The molecule has 0 aliphatic rings. The van der Waals surface area contributed by atoms with Crippen molar-refractivity contribution in [3.8, 4) is 0 Å². The van der Waals surface area contributed by atoms with Crippen LogP contribution in [0.2, 0.25) is 0 Å². The Morgan fingerprint density at radius 1 is 1.40 bits per heavy atom. The van der Waals surface area contributed by atoms with Gasteiger partial charge in [-0.25, -0.2) is 4.79 Å². The van der Waals surface area contributed by atoms with Crippen molar-refractivity contribution in [2.75, 3.05) is 5.01 Å². The van der Waals surface area contributed by atoms with Gasteiger partial charge in [0.15, 0.2) is 0 Å². The van der Waals surface area contributed by atoms with Crippen molar-refractivity contribution in [1.29, 1.82) is 0 Å². The molecule has 0 saturated heterocycles. The number of benzene rings is 1. The average Bonchev–Trinajstić information content (AvgIpc) is 2.18. The van der Waals surface area contributed by atoms with Gasteiger partial charge in [-0.05, 0) is 18.1 Å². The van der Waals surface area contributed by atoms with E-state index in [0.29, 0.717) is 5.69 Å². The van der Waals surface area contributed by atoms with Crippen LogP contribution in [0.15, 0.2) is 35.4 Å². The summed E-state index contributed by atoms with van der Waals surface area (Å²) < 4.78 is 0. The second-order valence-electron chi connectivity index (χ2n) is 3.44. The highest BCUT2D eigenvalue weighted by atomic mass is 16.4. The number of carbonyl (C=O) groups is 1. The molecule has 1 aromatic carbocycles. The topological polar surface area (TPSA) is 52.9 Å². The van der Waals surface area contributed by atoms with Crippen LogP contribution >= 0.6 is 0 Å². The minimum atomic E-state index is -1.09. The predicted octanol–water partition coefficient (Wildman–Crippen LogP) is 2.81. The molecule has 80 valence electrons. The fraction of sp³-hybridized carbons (Fsp3) is 0.273. The van der Waals surface area contributed by atoms with Gasteiger partial charge >= 0.3 is 6.09 Å². The molecule has 0 heterocycles. The molecule has 0 spiro atoms. The molecule has 0 fully saturated rings. The number of para-hydroxylation sites is 1. The molecular formula is C11H14N2O2. The highest BCUT2D eigenvalue weighted by Crippen LogP contribution is 2.13. The smallest absolute Gasteiger partial charge is 0.432 e. The molecule has 0 unspecified atom stereocenters. The normalized spacial score (nSPS) is 10.9. The third kappa shape index (κ3) is 3.42. The molecule has 0 saturated carbocycles. The summed E-state index contributed by atoms with van der Waals surface area (Å²) in [4.78, 5) is 10.9. The highest BCUT2D eigenvalue weighted by molar-refractivity contribution is 5.86. The maximum absolute atomic E-state index is 10.9. The van der Waals surface area contributed by atoms with Crippen molar-refractivity contribution in [2.45, 2.75) is 13.8 Å². The van der Waals surface area contributed by atoms with Crippen molar-refractivity contribution >= 4 is 18.0 Å². The number of amides is 1. The van der Waals surface area contributed by atoms with Crippen molar-refractivity contribution in [3.63, 3.8) is 0 Å². The van der Waals surface area contributed by atoms with E-state index >= 15 is 0 Å². The molecule has 1 aromatic rings. The van der Waals surface area contributed by atoms with E-state index in [2.05, 4.69) is 5.10 Å². The molecule has 15 heavy (non-hydrogen) atoms. The van der Waals surface area contributed by atoms with Crippen molar-refractivity contribution in [1.82, 2.24) is 0 Å². The lowest BCUT2D eigenvalue weighted by molar-refractivity contribution is 0.202. The van der Waals surface area contributed by atoms with E-state index < -0.39 is 6.09 Å². The first-order valence-electron chi connectivity index (χ1n) is 4.73. The molecule has 0 aliphatic carbocycles. The largest absolute Gasteiger partial charge is 0.463 e. The van der Waals surface area contributed by atoms with E-state index in [1.54, 1.807) is 30.5 Å². The molecule has 1 N–H and O–H groups in total. The summed E-state index contributed by atoms with van der Waals surface area (Å²) in [6.45, 7) is 3.88. The third-order valence-corrected chi connectivity index (χ3v) is 1.66. The van der Waals surface area contributed by atoms with Crippen LogP contribution in [-0.2, 0) is 0 Å². The van der Waals surface area contributed by atoms with Gasteiger partial charge in [-0.1, -0.05) is 32.0 Å². The first-order valence-corrected chi connectivity index (χ1v) is 4.73. The summed E-state index contributed by atoms with van der Waals surface area (Å²) in [7, 11) is 0. The number of hydrogen-bond donors (Lipinski definition) is 1. The third-order valence-electron chi connectivity index (χ3n) is 1.66. The number of anilines is 1. The van der Waals surface area contributed by atoms with Gasteiger partial charge in [0.1, 0.15) is 0 Å². The number of nitrogens with zero attached hydrogens (tertiary/aromatic N) is 2. The summed E-state index contributed by atoms with van der Waals surface area (Å²) in [6, 6.07) is 8.78. The van der Waals surface area contributed by atoms with Crippen LogP contribution < -0.4 is 5.01 Å². The molecule has 0 aliphatic heterocycles. The van der Waals surface area contributed by atoms with Crippen molar-refractivity contribution < 1.29 is 9.90 Å². The van der Waals surface area contributed by atoms with Gasteiger partial charge in [-0.2, -0.15) is 10.1 Å². The standard InChI is InChI=1S/C11H14N2O2/c1-9(2)8-12-13(11(14)15)10-6-4-3-5-7-10/h3-9H,1-2H3,(H,14,15). The Morgan fingerprint density at radius 3 is 2.47 bits per heavy atom. The van der Waals surface area contributed by atoms with E-state index in [1.807, 2.05) is 19.9 Å². The van der Waals surface area contributed by atoms with Gasteiger partial charge in [0.25, 0.3) is 0 Å². The van der Waals surface area contributed by atoms with Crippen LogP contribution in [0.3, 0.4) is 0 Å². The lowest BCUT2D eigenvalue weighted by Crippen LogP contribution is -2.23. The molecule has 0 aromatic heterocycles. The summed E-state index contributed by atoms with van der Waals surface area (Å²) in [5.41, 5.74) is 0.543. The van der Waals surface area contributed by atoms with E-state index in [9.17, 15) is 4.79 Å². The lowest BCUT2D eigenvalue weighted by Gasteiger charge is -2.12. The first kappa shape index (κ1) is 11.2. The predicted molar refractivity (Wildman–Crippen MR) is 60.3 cm³/mol. The second kappa shape index (κ2) is 5.14. The van der Waals surface area contributed by atoms with Crippen LogP contribution in [-0.4, -0.2) is 17.4 Å². The molecule has 0 bridgehead atoms. The Labute approximate surface area is 88.8 Å². The number of hydrogen-bond acceptors (Lipinski definition) is 2. The number of carboxylic acid groups (broad SMARTS) is 1. The van der Waals surface area contributed by atoms with Gasteiger partial charge < -0.3 is 5.11 Å². The first-order chi connectivity index (χ1) is 7.11. The van der Waals surface area contributed by atoms with E-state index in [-0.39, 0.29) is 5.92 Å². The quantitative estimate of drug-likeness (QED) is 0.610. The zero-order valence-electron chi connectivity index (χ0n) is 8.79. The summed E-state index contributed by atoms with van der Waals surface area (Å²) in [5, 5.41) is 13.8. The van der Waals surface area contributed by atoms with Gasteiger partial charge in [0, 0.05) is 6.21 Å². The van der Waals surface area contributed by atoms with E-state index in [1.165, 1.54) is 0 Å². The summed E-state index contributed by atoms with van der Waals surface area (Å²) >= 11 is 0. The van der Waals surface area contributed by atoms with Gasteiger partial charge in [-0.3, -0.25) is 0 Å². The fourth-order valence-electron chi connectivity index (χ4n) is 0.996. The van der Waals surface area contributed by atoms with Crippen molar-refractivity contribution in [3.05, 3.63) is 30.3 Å². The number of rotatable bonds is 3. The Morgan fingerprint density at radius 2 is 2.00 bits per heavy atom. The Kier molecular flexibility index (Phi) is 3.85. The monoisotopic (exact) mass is 206 g/mol. The van der Waals surface area contributed by atoms with E-state index in [4.69, 9.17) is 5.11 Å². The fourth-order valence-corrected chi connectivity index (χ4v) is 0.996. The van der Waals surface area contributed by atoms with Crippen molar-refractivity contribution in [2.24, 2.45) is 11.0 Å². The molecular weight excluding hydrogens is 192 g/mol. The Balaban J connectivity index is 2.89. The van der Waals surface area contributed by atoms with Gasteiger partial charge in [0.05, 0.1) is 5.69 Å². The Bertz CT molecular complexity index is 347. The molecule has 1 rings (SSSR count). The number of hydrazone groups is 1. The zero-order valence-corrected chi connectivity index (χ0v) is 8.79. The summed E-state index contributed by atoms with van der Waals surface area (Å²) in [6.07, 6.45) is 0.513. The maximum atomic E-state index is 10.9. The second-order valence-corrected chi connectivity index (χ2v) is 3.44. The van der Waals surface area contributed by atoms with Crippen LogP contribution in [0.4, 0.5) is 10.5 Å². The SMILES string of the molecule is CC(C)C=NN(C(=O)O)c1ccccc1. The molecule has 0 atom stereocenters. The minimum absolute atomic E-state index is 0.218. The lowest BCUT2D eigenvalue weighted by atomic mass is 10.2. The van der Waals surface area contributed by atoms with E-state index in [0.717, 1.165) is 5.01 Å². The Hall–Kier alpha value is -1.84. The van der Waals surface area contributed by atoms with Gasteiger partial charge in [-0.15, -0.1) is 0 Å². The molecule has 4 nitrogen and oxygen atoms in total. The molecule has 4 heteroatoms. The molecule has 1 amide bonds. The molecule has 0 radical (unpaired) electrons. The van der Waals surface area contributed by atoms with Crippen LogP contribution in [0.25, 0.3) is 0 Å². The highest BCUT2D eigenvalue weighted by Gasteiger charge is 2.11. The van der Waals surface area contributed by atoms with Crippen LogP contribution in [0, 0.1) is 5.92 Å². The summed E-state index contributed by atoms with van der Waals surface area (Å²) in [5.74, 6) is 0.218. The maximum Gasteiger partial charge on any atom is 0.432 e. The van der Waals surface area contributed by atoms with Crippen LogP contribution in [0.5, 0.6) is 0 Å². The average molecular weight is 206 g/mol. The minimum Gasteiger partial charge on any atom is -0.463 e. The zero-order chi connectivity index (χ0) is 11.3. The van der Waals surface area contributed by atoms with Gasteiger partial charge in [0.2, 0.25) is 0 Å².